The van der Waals surface area contributed by atoms with E-state index >= 15 is 0 Å². The second-order valence-electron chi connectivity index (χ2n) is 4.30. The number of nitrogens with zero attached hydrogens (tertiary/aromatic N) is 2. The Hall–Kier alpha value is -1.26. The molecule has 0 aliphatic rings. The van der Waals surface area contributed by atoms with Gasteiger partial charge in [-0.1, -0.05) is 28.9 Å². The number of benzene rings is 1. The van der Waals surface area contributed by atoms with Gasteiger partial charge in [-0.25, -0.2) is 0 Å². The third kappa shape index (κ3) is 3.61. The maximum atomic E-state index is 8.58. The minimum Gasteiger partial charge on any atom is -0.409 e. The van der Waals surface area contributed by atoms with E-state index in [0.717, 1.165) is 12.1 Å². The zero-order valence-electron chi connectivity index (χ0n) is 10.3. The molecular formula is C12H18ClN3O. The number of hydrogen-bond acceptors (Lipinski definition) is 3. The van der Waals surface area contributed by atoms with Crippen LogP contribution < -0.4 is 5.73 Å². The van der Waals surface area contributed by atoms with E-state index in [4.69, 9.17) is 22.5 Å². The van der Waals surface area contributed by atoms with Crippen LogP contribution in [0.2, 0.25) is 5.02 Å². The molecule has 5 heteroatoms. The van der Waals surface area contributed by atoms with Gasteiger partial charge in [0.05, 0.1) is 0 Å². The molecule has 0 saturated heterocycles. The molecule has 0 unspecified atom stereocenters. The van der Waals surface area contributed by atoms with Gasteiger partial charge in [0.2, 0.25) is 0 Å². The van der Waals surface area contributed by atoms with Crippen LogP contribution in [-0.4, -0.2) is 29.0 Å². The maximum Gasteiger partial charge on any atom is 0.170 e. The van der Waals surface area contributed by atoms with Crippen LogP contribution in [0, 0.1) is 0 Å². The van der Waals surface area contributed by atoms with Gasteiger partial charge in [0.15, 0.2) is 5.84 Å². The maximum absolute atomic E-state index is 8.58. The highest BCUT2D eigenvalue weighted by Crippen LogP contribution is 2.20. The van der Waals surface area contributed by atoms with E-state index in [9.17, 15) is 0 Å². The molecular weight excluding hydrogens is 238 g/mol. The Bertz CT molecular complexity index is 418. The minimum atomic E-state index is 0.0654. The highest BCUT2D eigenvalue weighted by molar-refractivity contribution is 6.31. The van der Waals surface area contributed by atoms with Gasteiger partial charge >= 0.3 is 0 Å². The summed E-state index contributed by atoms with van der Waals surface area (Å²) < 4.78 is 0. The SMILES string of the molecule is CC(C)N(C)Cc1ccc(/C(N)=N/O)cc1Cl. The van der Waals surface area contributed by atoms with E-state index in [2.05, 4.69) is 23.9 Å². The van der Waals surface area contributed by atoms with E-state index in [1.165, 1.54) is 0 Å². The number of amidine groups is 1. The van der Waals surface area contributed by atoms with Crippen molar-refractivity contribution in [3.8, 4) is 0 Å². The van der Waals surface area contributed by atoms with Crippen LogP contribution >= 0.6 is 11.6 Å². The molecule has 0 fully saturated rings. The molecule has 0 aromatic heterocycles. The van der Waals surface area contributed by atoms with Gasteiger partial charge in [0.1, 0.15) is 0 Å². The zero-order chi connectivity index (χ0) is 13.0. The third-order valence-corrected chi connectivity index (χ3v) is 3.11. The molecule has 0 saturated carbocycles. The summed E-state index contributed by atoms with van der Waals surface area (Å²) in [6, 6.07) is 5.86. The molecule has 0 aliphatic carbocycles. The number of oxime groups is 1. The van der Waals surface area contributed by atoms with E-state index in [1.807, 2.05) is 13.1 Å². The molecule has 1 aromatic rings. The summed E-state index contributed by atoms with van der Waals surface area (Å²) in [5.74, 6) is 0.0654. The number of rotatable bonds is 4. The first-order valence-corrected chi connectivity index (χ1v) is 5.80. The lowest BCUT2D eigenvalue weighted by Crippen LogP contribution is -2.25. The quantitative estimate of drug-likeness (QED) is 0.376. The number of hydrogen-bond donors (Lipinski definition) is 2. The monoisotopic (exact) mass is 255 g/mol. The molecule has 0 radical (unpaired) electrons. The molecule has 4 nitrogen and oxygen atoms in total. The Balaban J connectivity index is 2.91. The molecule has 3 N–H and O–H groups in total. The number of halogens is 1. The molecule has 0 aliphatic heterocycles. The molecule has 1 aromatic carbocycles. The first kappa shape index (κ1) is 13.8. The predicted molar refractivity (Wildman–Crippen MR) is 70.6 cm³/mol. The summed E-state index contributed by atoms with van der Waals surface area (Å²) in [5.41, 5.74) is 7.14. The average molecular weight is 256 g/mol. The lowest BCUT2D eigenvalue weighted by atomic mass is 10.1. The van der Waals surface area contributed by atoms with E-state index in [0.29, 0.717) is 16.6 Å². The van der Waals surface area contributed by atoms with E-state index in [-0.39, 0.29) is 5.84 Å². The van der Waals surface area contributed by atoms with Crippen molar-refractivity contribution in [3.63, 3.8) is 0 Å². The molecule has 17 heavy (non-hydrogen) atoms. The lowest BCUT2D eigenvalue weighted by molar-refractivity contribution is 0.266. The summed E-state index contributed by atoms with van der Waals surface area (Å²) >= 11 is 6.16. The fourth-order valence-corrected chi connectivity index (χ4v) is 1.58. The molecule has 94 valence electrons. The summed E-state index contributed by atoms with van der Waals surface area (Å²) in [5, 5.41) is 12.1. The van der Waals surface area contributed by atoms with Crippen molar-refractivity contribution in [2.45, 2.75) is 26.4 Å². The van der Waals surface area contributed by atoms with Crippen LogP contribution in [0.3, 0.4) is 0 Å². The lowest BCUT2D eigenvalue weighted by Gasteiger charge is -2.21. The largest absolute Gasteiger partial charge is 0.409 e. The fourth-order valence-electron chi connectivity index (χ4n) is 1.34. The van der Waals surface area contributed by atoms with E-state index < -0.39 is 0 Å². The standard InChI is InChI=1S/C12H18ClN3O/c1-8(2)16(3)7-10-5-4-9(6-11(10)13)12(14)15-17/h4-6,8,17H,7H2,1-3H3,(H2,14,15). The second-order valence-corrected chi connectivity index (χ2v) is 4.71. The molecule has 0 amide bonds. The van der Waals surface area contributed by atoms with Crippen LogP contribution in [0.15, 0.2) is 23.4 Å². The summed E-state index contributed by atoms with van der Waals surface area (Å²) in [6.45, 7) is 5.02. The van der Waals surface area contributed by atoms with Gasteiger partial charge in [0.25, 0.3) is 0 Å². The summed E-state index contributed by atoms with van der Waals surface area (Å²) in [4.78, 5) is 2.18. The Morgan fingerprint density at radius 2 is 2.18 bits per heavy atom. The van der Waals surface area contributed by atoms with Crippen LogP contribution in [0.1, 0.15) is 25.0 Å². The van der Waals surface area contributed by atoms with Gasteiger partial charge in [-0.05, 0) is 32.5 Å². The smallest absolute Gasteiger partial charge is 0.170 e. The summed E-state index contributed by atoms with van der Waals surface area (Å²) in [7, 11) is 2.04. The van der Waals surface area contributed by atoms with Crippen LogP contribution in [0.4, 0.5) is 0 Å². The third-order valence-electron chi connectivity index (χ3n) is 2.76. The van der Waals surface area contributed by atoms with Crippen LogP contribution in [0.25, 0.3) is 0 Å². The van der Waals surface area contributed by atoms with Crippen molar-refractivity contribution >= 4 is 17.4 Å². The molecule has 1 rings (SSSR count). The van der Waals surface area contributed by atoms with Gasteiger partial charge in [-0.2, -0.15) is 0 Å². The fraction of sp³-hybridized carbons (Fsp3) is 0.417. The van der Waals surface area contributed by atoms with E-state index in [1.54, 1.807) is 12.1 Å². The van der Waals surface area contributed by atoms with Gasteiger partial charge in [0, 0.05) is 23.2 Å². The van der Waals surface area contributed by atoms with Crippen molar-refractivity contribution in [1.29, 1.82) is 0 Å². The predicted octanol–water partition coefficient (Wildman–Crippen LogP) is 2.27. The average Bonchev–Trinajstić information content (AvgIpc) is 2.30. The van der Waals surface area contributed by atoms with Crippen LogP contribution in [0.5, 0.6) is 0 Å². The molecule has 0 bridgehead atoms. The van der Waals surface area contributed by atoms with Crippen molar-refractivity contribution in [2.75, 3.05) is 7.05 Å². The topological polar surface area (TPSA) is 61.8 Å². The molecule has 0 heterocycles. The van der Waals surface area contributed by atoms with Gasteiger partial charge in [-0.3, -0.25) is 4.90 Å². The Morgan fingerprint density at radius 3 is 2.65 bits per heavy atom. The van der Waals surface area contributed by atoms with Crippen molar-refractivity contribution in [1.82, 2.24) is 4.90 Å². The summed E-state index contributed by atoms with van der Waals surface area (Å²) in [6.07, 6.45) is 0. The molecule has 0 atom stereocenters. The highest BCUT2D eigenvalue weighted by Gasteiger charge is 2.09. The van der Waals surface area contributed by atoms with Gasteiger partial charge < -0.3 is 10.9 Å². The second kappa shape index (κ2) is 5.89. The minimum absolute atomic E-state index is 0.0654. The van der Waals surface area contributed by atoms with Crippen molar-refractivity contribution in [2.24, 2.45) is 10.9 Å². The van der Waals surface area contributed by atoms with Crippen LogP contribution in [-0.2, 0) is 6.54 Å². The normalized spacial score (nSPS) is 12.5. The highest BCUT2D eigenvalue weighted by atomic mass is 35.5. The first-order chi connectivity index (χ1) is 7.95. The number of nitrogens with two attached hydrogens (primary N) is 1. The van der Waals surface area contributed by atoms with Crippen molar-refractivity contribution in [3.05, 3.63) is 34.3 Å². The zero-order valence-corrected chi connectivity index (χ0v) is 11.1. The molecule has 0 spiro atoms. The Labute approximate surface area is 107 Å². The van der Waals surface area contributed by atoms with Crippen molar-refractivity contribution < 1.29 is 5.21 Å². The Morgan fingerprint density at radius 1 is 1.53 bits per heavy atom. The first-order valence-electron chi connectivity index (χ1n) is 5.42. The Kier molecular flexibility index (Phi) is 4.78. The van der Waals surface area contributed by atoms with Gasteiger partial charge in [-0.15, -0.1) is 0 Å².